The van der Waals surface area contributed by atoms with Crippen molar-refractivity contribution in [3.63, 3.8) is 0 Å². The monoisotopic (exact) mass is 303 g/mol. The molecule has 0 saturated carbocycles. The third kappa shape index (κ3) is 4.76. The van der Waals surface area contributed by atoms with Gasteiger partial charge in [0.2, 0.25) is 5.91 Å². The van der Waals surface area contributed by atoms with Gasteiger partial charge in [-0.3, -0.25) is 4.79 Å². The Morgan fingerprint density at radius 3 is 2.41 bits per heavy atom. The van der Waals surface area contributed by atoms with Crippen molar-refractivity contribution in [1.29, 1.82) is 0 Å². The molecule has 2 rings (SSSR count). The van der Waals surface area contributed by atoms with Crippen LogP contribution in [-0.4, -0.2) is 36.0 Å². The predicted octanol–water partition coefficient (Wildman–Crippen LogP) is 2.13. The Morgan fingerprint density at radius 2 is 1.82 bits per heavy atom. The first-order valence-electron chi connectivity index (χ1n) is 7.93. The fourth-order valence-electron chi connectivity index (χ4n) is 2.61. The van der Waals surface area contributed by atoms with E-state index in [9.17, 15) is 9.59 Å². The van der Waals surface area contributed by atoms with Crippen molar-refractivity contribution in [3.05, 3.63) is 35.9 Å². The maximum Gasteiger partial charge on any atom is 0.317 e. The normalized spacial score (nSPS) is 15.7. The Morgan fingerprint density at radius 1 is 1.18 bits per heavy atom. The van der Waals surface area contributed by atoms with Crippen LogP contribution in [0.3, 0.4) is 0 Å². The highest BCUT2D eigenvalue weighted by Gasteiger charge is 2.27. The molecule has 0 bridgehead atoms. The highest BCUT2D eigenvalue weighted by atomic mass is 16.2. The fraction of sp³-hybridized carbons (Fsp3) is 0.529. The van der Waals surface area contributed by atoms with Gasteiger partial charge in [0.05, 0.1) is 0 Å². The van der Waals surface area contributed by atoms with Crippen molar-refractivity contribution >= 4 is 11.9 Å². The maximum absolute atomic E-state index is 12.2. The van der Waals surface area contributed by atoms with Crippen LogP contribution < -0.4 is 10.6 Å². The van der Waals surface area contributed by atoms with Crippen LogP contribution >= 0.6 is 0 Å². The summed E-state index contributed by atoms with van der Waals surface area (Å²) < 4.78 is 0. The number of carbonyl (C=O) groups is 2. The summed E-state index contributed by atoms with van der Waals surface area (Å²) in [7, 11) is 0. The summed E-state index contributed by atoms with van der Waals surface area (Å²) in [4.78, 5) is 25.9. The molecule has 1 aliphatic rings. The zero-order valence-electron chi connectivity index (χ0n) is 13.3. The number of nitrogens with one attached hydrogen (secondary N) is 2. The number of carbonyl (C=O) groups excluding carboxylic acids is 2. The van der Waals surface area contributed by atoms with Gasteiger partial charge in [0.1, 0.15) is 0 Å². The van der Waals surface area contributed by atoms with Gasteiger partial charge < -0.3 is 15.5 Å². The Kier molecular flexibility index (Phi) is 5.81. The number of rotatable bonds is 4. The summed E-state index contributed by atoms with van der Waals surface area (Å²) in [5.41, 5.74) is 1.10. The molecule has 1 aromatic carbocycles. The first kappa shape index (κ1) is 16.3. The van der Waals surface area contributed by atoms with E-state index in [-0.39, 0.29) is 23.9 Å². The van der Waals surface area contributed by atoms with Gasteiger partial charge in [-0.25, -0.2) is 4.79 Å². The van der Waals surface area contributed by atoms with Crippen molar-refractivity contribution in [1.82, 2.24) is 15.5 Å². The Bertz CT molecular complexity index is 494. The lowest BCUT2D eigenvalue weighted by atomic mass is 9.96. The second-order valence-electron chi connectivity index (χ2n) is 6.07. The van der Waals surface area contributed by atoms with E-state index in [0.717, 1.165) is 18.4 Å². The standard InChI is InChI=1S/C17H25N3O2/c1-13(2)19-17(22)20-10-8-15(9-11-20)16(21)18-12-14-6-4-3-5-7-14/h3-7,13,15H,8-12H2,1-2H3,(H,18,21)(H,19,22). The van der Waals surface area contributed by atoms with Crippen LogP contribution in [0.1, 0.15) is 32.3 Å². The highest BCUT2D eigenvalue weighted by Crippen LogP contribution is 2.17. The molecule has 5 nitrogen and oxygen atoms in total. The van der Waals surface area contributed by atoms with Gasteiger partial charge in [-0.15, -0.1) is 0 Å². The number of benzene rings is 1. The van der Waals surface area contributed by atoms with E-state index >= 15 is 0 Å². The van der Waals surface area contributed by atoms with Gasteiger partial charge in [-0.2, -0.15) is 0 Å². The number of hydrogen-bond acceptors (Lipinski definition) is 2. The van der Waals surface area contributed by atoms with Crippen LogP contribution in [0.4, 0.5) is 4.79 Å². The molecule has 5 heteroatoms. The number of nitrogens with zero attached hydrogens (tertiary/aromatic N) is 1. The van der Waals surface area contributed by atoms with E-state index in [1.807, 2.05) is 44.2 Å². The number of piperidine rings is 1. The SMILES string of the molecule is CC(C)NC(=O)N1CCC(C(=O)NCc2ccccc2)CC1. The number of amides is 3. The predicted molar refractivity (Wildman–Crippen MR) is 86.3 cm³/mol. The third-order valence-electron chi connectivity index (χ3n) is 3.87. The zero-order valence-corrected chi connectivity index (χ0v) is 13.3. The summed E-state index contributed by atoms with van der Waals surface area (Å²) in [5, 5.41) is 5.88. The Hall–Kier alpha value is -2.04. The minimum absolute atomic E-state index is 0.00631. The molecule has 3 amide bonds. The highest BCUT2D eigenvalue weighted by molar-refractivity contribution is 5.79. The third-order valence-corrected chi connectivity index (χ3v) is 3.87. The van der Waals surface area contributed by atoms with E-state index in [4.69, 9.17) is 0 Å². The molecule has 0 spiro atoms. The topological polar surface area (TPSA) is 61.4 Å². The molecule has 0 radical (unpaired) electrons. The van der Waals surface area contributed by atoms with Gasteiger partial charge in [-0.05, 0) is 32.3 Å². The maximum atomic E-state index is 12.2. The fourth-order valence-corrected chi connectivity index (χ4v) is 2.61. The van der Waals surface area contributed by atoms with Crippen LogP contribution in [0.2, 0.25) is 0 Å². The number of likely N-dealkylation sites (tertiary alicyclic amines) is 1. The van der Waals surface area contributed by atoms with Crippen LogP contribution in [0.15, 0.2) is 30.3 Å². The Labute approximate surface area is 132 Å². The lowest BCUT2D eigenvalue weighted by molar-refractivity contribution is -0.126. The quantitative estimate of drug-likeness (QED) is 0.895. The van der Waals surface area contributed by atoms with Crippen molar-refractivity contribution < 1.29 is 9.59 Å². The molecule has 1 aromatic rings. The molecule has 1 aliphatic heterocycles. The van der Waals surface area contributed by atoms with Gasteiger partial charge in [0.25, 0.3) is 0 Å². The average Bonchev–Trinajstić information content (AvgIpc) is 2.53. The molecule has 1 saturated heterocycles. The minimum atomic E-state index is -0.0295. The molecular formula is C17H25N3O2. The van der Waals surface area contributed by atoms with E-state index < -0.39 is 0 Å². The van der Waals surface area contributed by atoms with Gasteiger partial charge in [-0.1, -0.05) is 30.3 Å². The number of hydrogen-bond donors (Lipinski definition) is 2. The van der Waals surface area contributed by atoms with E-state index in [0.29, 0.717) is 19.6 Å². The molecule has 120 valence electrons. The van der Waals surface area contributed by atoms with Gasteiger partial charge in [0, 0.05) is 31.6 Å². The van der Waals surface area contributed by atoms with Gasteiger partial charge >= 0.3 is 6.03 Å². The van der Waals surface area contributed by atoms with E-state index in [1.165, 1.54) is 0 Å². The molecule has 1 fully saturated rings. The van der Waals surface area contributed by atoms with Crippen LogP contribution in [0.5, 0.6) is 0 Å². The lowest BCUT2D eigenvalue weighted by Gasteiger charge is -2.32. The van der Waals surface area contributed by atoms with Crippen molar-refractivity contribution in [2.75, 3.05) is 13.1 Å². The molecule has 1 heterocycles. The smallest absolute Gasteiger partial charge is 0.317 e. The summed E-state index contributed by atoms with van der Waals surface area (Å²) in [6, 6.07) is 10.00. The van der Waals surface area contributed by atoms with Gasteiger partial charge in [0.15, 0.2) is 0 Å². The second kappa shape index (κ2) is 7.82. The summed E-state index contributed by atoms with van der Waals surface area (Å²) in [6.45, 7) is 5.74. The first-order valence-corrected chi connectivity index (χ1v) is 7.93. The molecular weight excluding hydrogens is 278 g/mol. The molecule has 0 atom stereocenters. The molecule has 22 heavy (non-hydrogen) atoms. The lowest BCUT2D eigenvalue weighted by Crippen LogP contribution is -2.48. The summed E-state index contributed by atoms with van der Waals surface area (Å²) in [5.74, 6) is 0.0968. The van der Waals surface area contributed by atoms with Crippen molar-refractivity contribution in [3.8, 4) is 0 Å². The van der Waals surface area contributed by atoms with Crippen LogP contribution in [0.25, 0.3) is 0 Å². The minimum Gasteiger partial charge on any atom is -0.352 e. The summed E-state index contributed by atoms with van der Waals surface area (Å²) >= 11 is 0. The first-order chi connectivity index (χ1) is 10.6. The molecule has 2 N–H and O–H groups in total. The van der Waals surface area contributed by atoms with Crippen LogP contribution in [-0.2, 0) is 11.3 Å². The zero-order chi connectivity index (χ0) is 15.9. The van der Waals surface area contributed by atoms with Crippen molar-refractivity contribution in [2.45, 2.75) is 39.3 Å². The molecule has 0 unspecified atom stereocenters. The van der Waals surface area contributed by atoms with E-state index in [1.54, 1.807) is 4.90 Å². The second-order valence-corrected chi connectivity index (χ2v) is 6.07. The van der Waals surface area contributed by atoms with Crippen LogP contribution in [0, 0.1) is 5.92 Å². The van der Waals surface area contributed by atoms with Crippen molar-refractivity contribution in [2.24, 2.45) is 5.92 Å². The largest absolute Gasteiger partial charge is 0.352 e. The Balaban J connectivity index is 1.74. The van der Waals surface area contributed by atoms with E-state index in [2.05, 4.69) is 10.6 Å². The summed E-state index contributed by atoms with van der Waals surface area (Å²) in [6.07, 6.45) is 1.46. The average molecular weight is 303 g/mol. The molecule has 0 aromatic heterocycles. The molecule has 0 aliphatic carbocycles. The number of urea groups is 1.